The molecule has 138 valence electrons. The number of ether oxygens (including phenoxy) is 3. The van der Waals surface area contributed by atoms with Crippen LogP contribution in [-0.4, -0.2) is 43.9 Å². The van der Waals surface area contributed by atoms with Crippen LogP contribution in [0.4, 0.5) is 0 Å². The van der Waals surface area contributed by atoms with Crippen LogP contribution in [0.15, 0.2) is 48.5 Å². The number of methoxy groups -OCH3 is 2. The van der Waals surface area contributed by atoms with Crippen LogP contribution in [0, 0.1) is 0 Å². The Hall–Kier alpha value is -2.18. The van der Waals surface area contributed by atoms with Gasteiger partial charge in [0.25, 0.3) is 0 Å². The first-order chi connectivity index (χ1) is 12.7. The monoisotopic (exact) mass is 373 g/mol. The third-order valence-electron chi connectivity index (χ3n) is 4.21. The molecule has 0 bridgehead atoms. The van der Waals surface area contributed by atoms with Gasteiger partial charge in [0.05, 0.1) is 20.8 Å². The maximum Gasteiger partial charge on any atom is 0.249 e. The SMILES string of the molecule is COc1cc(OC)cc([C@H]2SCCN2C(=O)COCc2ccccc2)c1. The van der Waals surface area contributed by atoms with E-state index in [1.165, 1.54) is 0 Å². The molecule has 1 heterocycles. The second-order valence-electron chi connectivity index (χ2n) is 5.93. The molecule has 0 aliphatic carbocycles. The van der Waals surface area contributed by atoms with E-state index in [0.29, 0.717) is 13.2 Å². The highest BCUT2D eigenvalue weighted by molar-refractivity contribution is 7.99. The van der Waals surface area contributed by atoms with Crippen molar-refractivity contribution >= 4 is 17.7 Å². The van der Waals surface area contributed by atoms with Crippen molar-refractivity contribution < 1.29 is 19.0 Å². The van der Waals surface area contributed by atoms with Crippen molar-refractivity contribution in [3.05, 3.63) is 59.7 Å². The van der Waals surface area contributed by atoms with Crippen LogP contribution in [0.5, 0.6) is 11.5 Å². The number of benzene rings is 2. The molecule has 0 spiro atoms. The van der Waals surface area contributed by atoms with Crippen molar-refractivity contribution in [3.8, 4) is 11.5 Å². The van der Waals surface area contributed by atoms with E-state index in [4.69, 9.17) is 14.2 Å². The van der Waals surface area contributed by atoms with Crippen molar-refractivity contribution in [2.75, 3.05) is 33.1 Å². The van der Waals surface area contributed by atoms with Crippen LogP contribution in [0.3, 0.4) is 0 Å². The molecular weight excluding hydrogens is 350 g/mol. The van der Waals surface area contributed by atoms with Gasteiger partial charge in [0.1, 0.15) is 23.5 Å². The van der Waals surface area contributed by atoms with Gasteiger partial charge in [-0.3, -0.25) is 4.79 Å². The Morgan fingerprint density at radius 2 is 1.81 bits per heavy atom. The summed E-state index contributed by atoms with van der Waals surface area (Å²) in [7, 11) is 3.25. The van der Waals surface area contributed by atoms with E-state index in [9.17, 15) is 4.79 Å². The summed E-state index contributed by atoms with van der Waals surface area (Å²) < 4.78 is 16.3. The fraction of sp³-hybridized carbons (Fsp3) is 0.350. The molecule has 6 heteroatoms. The van der Waals surface area contributed by atoms with Crippen LogP contribution >= 0.6 is 11.8 Å². The van der Waals surface area contributed by atoms with Gasteiger partial charge < -0.3 is 19.1 Å². The Bertz CT molecular complexity index is 716. The van der Waals surface area contributed by atoms with Gasteiger partial charge in [0.15, 0.2) is 0 Å². The maximum atomic E-state index is 12.7. The van der Waals surface area contributed by atoms with Gasteiger partial charge in [-0.05, 0) is 23.3 Å². The van der Waals surface area contributed by atoms with Crippen LogP contribution in [0.2, 0.25) is 0 Å². The quantitative estimate of drug-likeness (QED) is 0.743. The van der Waals surface area contributed by atoms with Crippen molar-refractivity contribution in [2.45, 2.75) is 12.0 Å². The minimum Gasteiger partial charge on any atom is -0.497 e. The summed E-state index contributed by atoms with van der Waals surface area (Å²) in [5, 5.41) is -0.0492. The number of hydrogen-bond donors (Lipinski definition) is 0. The van der Waals surface area contributed by atoms with Gasteiger partial charge in [-0.1, -0.05) is 30.3 Å². The predicted molar refractivity (Wildman–Crippen MR) is 103 cm³/mol. The molecule has 5 nitrogen and oxygen atoms in total. The van der Waals surface area contributed by atoms with Crippen molar-refractivity contribution in [2.24, 2.45) is 0 Å². The number of hydrogen-bond acceptors (Lipinski definition) is 5. The summed E-state index contributed by atoms with van der Waals surface area (Å²) >= 11 is 1.74. The first-order valence-electron chi connectivity index (χ1n) is 8.47. The Balaban J connectivity index is 1.65. The molecule has 0 aromatic heterocycles. The zero-order valence-electron chi connectivity index (χ0n) is 15.0. The highest BCUT2D eigenvalue weighted by Gasteiger charge is 2.31. The molecule has 26 heavy (non-hydrogen) atoms. The minimum atomic E-state index is -0.0492. The summed E-state index contributed by atoms with van der Waals surface area (Å²) in [6.07, 6.45) is 0. The number of nitrogens with zero attached hydrogens (tertiary/aromatic N) is 1. The van der Waals surface area contributed by atoms with E-state index in [1.807, 2.05) is 53.4 Å². The number of thioether (sulfide) groups is 1. The molecule has 0 unspecified atom stereocenters. The zero-order chi connectivity index (χ0) is 18.4. The normalized spacial score (nSPS) is 16.5. The molecule has 2 aromatic carbocycles. The Labute approximate surface area is 158 Å². The highest BCUT2D eigenvalue weighted by Crippen LogP contribution is 2.40. The summed E-state index contributed by atoms with van der Waals surface area (Å²) in [5.41, 5.74) is 2.06. The summed E-state index contributed by atoms with van der Waals surface area (Å²) in [6, 6.07) is 15.6. The fourth-order valence-corrected chi connectivity index (χ4v) is 4.14. The van der Waals surface area contributed by atoms with Crippen LogP contribution < -0.4 is 9.47 Å². The first-order valence-corrected chi connectivity index (χ1v) is 9.52. The Morgan fingerprint density at radius 3 is 2.46 bits per heavy atom. The predicted octanol–water partition coefficient (Wildman–Crippen LogP) is 3.49. The van der Waals surface area contributed by atoms with E-state index in [-0.39, 0.29) is 17.9 Å². The zero-order valence-corrected chi connectivity index (χ0v) is 15.8. The molecule has 2 aromatic rings. The fourth-order valence-electron chi connectivity index (χ4n) is 2.89. The van der Waals surface area contributed by atoms with E-state index in [2.05, 4.69) is 0 Å². The average molecular weight is 373 g/mol. The molecule has 1 saturated heterocycles. The molecular formula is C20H23NO4S. The molecule has 1 fully saturated rings. The lowest BCUT2D eigenvalue weighted by atomic mass is 10.1. The summed E-state index contributed by atoms with van der Waals surface area (Å²) in [4.78, 5) is 14.5. The molecule has 1 aliphatic heterocycles. The lowest BCUT2D eigenvalue weighted by Crippen LogP contribution is -2.33. The Kier molecular flexibility index (Phi) is 6.41. The average Bonchev–Trinajstić information content (AvgIpc) is 3.18. The van der Waals surface area contributed by atoms with Crippen molar-refractivity contribution in [1.82, 2.24) is 4.90 Å². The largest absolute Gasteiger partial charge is 0.497 e. The lowest BCUT2D eigenvalue weighted by molar-refractivity contribution is -0.136. The van der Waals surface area contributed by atoms with E-state index in [0.717, 1.165) is 28.4 Å². The molecule has 0 radical (unpaired) electrons. The third kappa shape index (κ3) is 4.51. The van der Waals surface area contributed by atoms with Crippen LogP contribution in [0.1, 0.15) is 16.5 Å². The standard InChI is InChI=1S/C20H23NO4S/c1-23-17-10-16(11-18(12-17)24-2)20-21(8-9-26-20)19(22)14-25-13-15-6-4-3-5-7-15/h3-7,10-12,20H,8-9,13-14H2,1-2H3/t20-/m1/s1. The molecule has 1 atom stereocenters. The highest BCUT2D eigenvalue weighted by atomic mass is 32.2. The van der Waals surface area contributed by atoms with Gasteiger partial charge in [-0.2, -0.15) is 0 Å². The topological polar surface area (TPSA) is 48.0 Å². The van der Waals surface area contributed by atoms with E-state index >= 15 is 0 Å². The molecule has 3 rings (SSSR count). The lowest BCUT2D eigenvalue weighted by Gasteiger charge is -2.24. The number of rotatable bonds is 7. The van der Waals surface area contributed by atoms with Gasteiger partial charge in [0, 0.05) is 18.4 Å². The van der Waals surface area contributed by atoms with E-state index < -0.39 is 0 Å². The van der Waals surface area contributed by atoms with Crippen LogP contribution in [-0.2, 0) is 16.1 Å². The minimum absolute atomic E-state index is 0.00211. The molecule has 1 amide bonds. The van der Waals surface area contributed by atoms with Gasteiger partial charge in [-0.15, -0.1) is 11.8 Å². The van der Waals surface area contributed by atoms with Gasteiger partial charge >= 0.3 is 0 Å². The Morgan fingerprint density at radius 1 is 1.12 bits per heavy atom. The van der Waals surface area contributed by atoms with Crippen LogP contribution in [0.25, 0.3) is 0 Å². The van der Waals surface area contributed by atoms with Gasteiger partial charge in [0.2, 0.25) is 5.91 Å². The second kappa shape index (κ2) is 8.96. The molecule has 1 aliphatic rings. The summed E-state index contributed by atoms with van der Waals surface area (Å²) in [5.74, 6) is 2.34. The molecule has 0 saturated carbocycles. The van der Waals surface area contributed by atoms with E-state index in [1.54, 1.807) is 26.0 Å². The van der Waals surface area contributed by atoms with Crippen molar-refractivity contribution in [3.63, 3.8) is 0 Å². The number of carbonyl (C=O) groups is 1. The first kappa shape index (κ1) is 18.6. The number of carbonyl (C=O) groups excluding carboxylic acids is 1. The maximum absolute atomic E-state index is 12.7. The third-order valence-corrected chi connectivity index (χ3v) is 5.47. The van der Waals surface area contributed by atoms with Gasteiger partial charge in [-0.25, -0.2) is 0 Å². The summed E-state index contributed by atoms with van der Waals surface area (Å²) in [6.45, 7) is 1.22. The molecule has 0 N–H and O–H groups in total. The second-order valence-corrected chi connectivity index (χ2v) is 7.12. The van der Waals surface area contributed by atoms with Crippen molar-refractivity contribution in [1.29, 1.82) is 0 Å². The smallest absolute Gasteiger partial charge is 0.249 e. The number of amides is 1.